The Labute approximate surface area is 362 Å². The standard InChI is InChI=1S/C53H100O5/c1-4-7-10-13-15-17-19-21-23-25-26-27-29-31-33-35-37-39-42-45-48-56-49-51(58-53(55)47-44-40-12-9-6-3)50-57-52(54)46-43-41-38-36-34-32-30-28-24-22-20-18-16-14-11-8-5-2/h16,18,22,24,51H,4-15,17,19-21,23,25-50H2,1-3H3/b18-16-,24-22-. The number of carbonyl (C=O) groups is 2. The van der Waals surface area contributed by atoms with Crippen molar-refractivity contribution in [3.8, 4) is 0 Å². The van der Waals surface area contributed by atoms with Gasteiger partial charge in [-0.2, -0.15) is 0 Å². The van der Waals surface area contributed by atoms with Crippen molar-refractivity contribution in [3.05, 3.63) is 24.3 Å². The van der Waals surface area contributed by atoms with Crippen LogP contribution < -0.4 is 0 Å². The molecule has 0 saturated carbocycles. The lowest BCUT2D eigenvalue weighted by atomic mass is 10.0. The molecule has 5 nitrogen and oxygen atoms in total. The second kappa shape index (κ2) is 49.7. The molecule has 0 radical (unpaired) electrons. The van der Waals surface area contributed by atoms with Crippen LogP contribution in [0.3, 0.4) is 0 Å². The van der Waals surface area contributed by atoms with Crippen LogP contribution in [0.2, 0.25) is 0 Å². The van der Waals surface area contributed by atoms with E-state index in [2.05, 4.69) is 45.1 Å². The van der Waals surface area contributed by atoms with E-state index in [-0.39, 0.29) is 18.5 Å². The van der Waals surface area contributed by atoms with E-state index in [0.29, 0.717) is 26.1 Å². The van der Waals surface area contributed by atoms with Gasteiger partial charge in [0, 0.05) is 19.4 Å². The monoisotopic (exact) mass is 817 g/mol. The molecule has 0 rings (SSSR count). The third kappa shape index (κ3) is 47.1. The van der Waals surface area contributed by atoms with Crippen molar-refractivity contribution in [2.75, 3.05) is 19.8 Å². The Morgan fingerprint density at radius 3 is 1.17 bits per heavy atom. The van der Waals surface area contributed by atoms with Crippen molar-refractivity contribution in [2.24, 2.45) is 0 Å². The van der Waals surface area contributed by atoms with Crippen molar-refractivity contribution in [3.63, 3.8) is 0 Å². The fourth-order valence-corrected chi connectivity index (χ4v) is 7.60. The van der Waals surface area contributed by atoms with Gasteiger partial charge in [-0.15, -0.1) is 0 Å². The average Bonchev–Trinajstić information content (AvgIpc) is 3.22. The fourth-order valence-electron chi connectivity index (χ4n) is 7.60. The zero-order valence-corrected chi connectivity index (χ0v) is 39.3. The molecule has 0 aromatic carbocycles. The van der Waals surface area contributed by atoms with Crippen molar-refractivity contribution in [1.82, 2.24) is 0 Å². The first kappa shape index (κ1) is 56.4. The Bertz CT molecular complexity index is 882. The summed E-state index contributed by atoms with van der Waals surface area (Å²) in [5.41, 5.74) is 0. The van der Waals surface area contributed by atoms with Gasteiger partial charge in [-0.25, -0.2) is 0 Å². The van der Waals surface area contributed by atoms with Gasteiger partial charge in [-0.05, 0) is 51.4 Å². The third-order valence-corrected chi connectivity index (χ3v) is 11.5. The highest BCUT2D eigenvalue weighted by Crippen LogP contribution is 2.16. The number of hydrogen-bond acceptors (Lipinski definition) is 5. The van der Waals surface area contributed by atoms with E-state index >= 15 is 0 Å². The van der Waals surface area contributed by atoms with Gasteiger partial charge in [0.1, 0.15) is 6.61 Å². The lowest BCUT2D eigenvalue weighted by Crippen LogP contribution is -2.30. The van der Waals surface area contributed by atoms with Gasteiger partial charge in [0.05, 0.1) is 6.61 Å². The average molecular weight is 817 g/mol. The predicted molar refractivity (Wildman–Crippen MR) is 252 cm³/mol. The fraction of sp³-hybridized carbons (Fsp3) is 0.887. The van der Waals surface area contributed by atoms with Gasteiger partial charge in [0.25, 0.3) is 0 Å². The second-order valence-electron chi connectivity index (χ2n) is 17.4. The maximum atomic E-state index is 12.6. The molecule has 5 heteroatoms. The summed E-state index contributed by atoms with van der Waals surface area (Å²) in [4.78, 5) is 25.1. The molecule has 0 bridgehead atoms. The molecule has 342 valence electrons. The highest BCUT2D eigenvalue weighted by Gasteiger charge is 2.17. The maximum absolute atomic E-state index is 12.6. The third-order valence-electron chi connectivity index (χ3n) is 11.5. The number of rotatable bonds is 48. The van der Waals surface area contributed by atoms with Crippen LogP contribution in [0.1, 0.15) is 278 Å². The van der Waals surface area contributed by atoms with Crippen LogP contribution >= 0.6 is 0 Å². The first-order valence-electron chi connectivity index (χ1n) is 25.9. The van der Waals surface area contributed by atoms with E-state index in [9.17, 15) is 9.59 Å². The smallest absolute Gasteiger partial charge is 0.306 e. The zero-order valence-electron chi connectivity index (χ0n) is 39.3. The SMILES string of the molecule is CCCCC/C=C\C/C=C\CCCCCCCCCC(=O)OCC(COCCCCCCCCCCCCCCCCCCCCCC)OC(=O)CCCCCCC. The van der Waals surface area contributed by atoms with Crippen LogP contribution in [-0.4, -0.2) is 37.9 Å². The van der Waals surface area contributed by atoms with Crippen molar-refractivity contribution < 1.29 is 23.8 Å². The van der Waals surface area contributed by atoms with E-state index in [1.807, 2.05) is 0 Å². The molecule has 0 spiro atoms. The van der Waals surface area contributed by atoms with Crippen molar-refractivity contribution in [2.45, 2.75) is 284 Å². The summed E-state index contributed by atoms with van der Waals surface area (Å²) in [6.45, 7) is 7.78. The predicted octanol–water partition coefficient (Wildman–Crippen LogP) is 17.2. The normalized spacial score (nSPS) is 12.3. The highest BCUT2D eigenvalue weighted by atomic mass is 16.6. The van der Waals surface area contributed by atoms with Crippen LogP contribution in [0.4, 0.5) is 0 Å². The molecule has 0 N–H and O–H groups in total. The molecule has 0 aromatic heterocycles. The van der Waals surface area contributed by atoms with Crippen LogP contribution in [0.25, 0.3) is 0 Å². The second-order valence-corrected chi connectivity index (χ2v) is 17.4. The quantitative estimate of drug-likeness (QED) is 0.0348. The minimum Gasteiger partial charge on any atom is -0.462 e. The first-order valence-corrected chi connectivity index (χ1v) is 25.9. The topological polar surface area (TPSA) is 61.8 Å². The molecule has 0 aliphatic heterocycles. The highest BCUT2D eigenvalue weighted by molar-refractivity contribution is 5.70. The van der Waals surface area contributed by atoms with E-state index in [0.717, 1.165) is 51.4 Å². The van der Waals surface area contributed by atoms with E-state index in [1.165, 1.54) is 193 Å². The molecule has 0 fully saturated rings. The largest absolute Gasteiger partial charge is 0.462 e. The molecule has 58 heavy (non-hydrogen) atoms. The van der Waals surface area contributed by atoms with Gasteiger partial charge < -0.3 is 14.2 Å². The minimum atomic E-state index is -0.529. The summed E-state index contributed by atoms with van der Waals surface area (Å²) in [6, 6.07) is 0. The summed E-state index contributed by atoms with van der Waals surface area (Å²) < 4.78 is 17.3. The Morgan fingerprint density at radius 2 is 0.724 bits per heavy atom. The van der Waals surface area contributed by atoms with Crippen molar-refractivity contribution >= 4 is 11.9 Å². The van der Waals surface area contributed by atoms with Crippen LogP contribution in [0.5, 0.6) is 0 Å². The molecule has 0 saturated heterocycles. The summed E-state index contributed by atoms with van der Waals surface area (Å²) in [7, 11) is 0. The molecule has 0 amide bonds. The Morgan fingerprint density at radius 1 is 0.379 bits per heavy atom. The molecular formula is C53H100O5. The molecule has 0 aromatic rings. The maximum Gasteiger partial charge on any atom is 0.306 e. The number of allylic oxidation sites excluding steroid dienone is 4. The lowest BCUT2D eigenvalue weighted by molar-refractivity contribution is -0.163. The molecule has 0 aliphatic carbocycles. The Kier molecular flexibility index (Phi) is 48.4. The van der Waals surface area contributed by atoms with Gasteiger partial charge in [0.2, 0.25) is 0 Å². The van der Waals surface area contributed by atoms with Crippen molar-refractivity contribution in [1.29, 1.82) is 0 Å². The van der Waals surface area contributed by atoms with Crippen LogP contribution in [0.15, 0.2) is 24.3 Å². The van der Waals surface area contributed by atoms with Crippen LogP contribution in [0, 0.1) is 0 Å². The summed E-state index contributed by atoms with van der Waals surface area (Å²) in [6.07, 6.45) is 57.9. The number of hydrogen-bond donors (Lipinski definition) is 0. The molecule has 1 unspecified atom stereocenters. The molecule has 0 aliphatic rings. The first-order chi connectivity index (χ1) is 28.6. The molecule has 0 heterocycles. The summed E-state index contributed by atoms with van der Waals surface area (Å²) in [5, 5.41) is 0. The van der Waals surface area contributed by atoms with E-state index in [1.54, 1.807) is 0 Å². The number of carbonyl (C=O) groups excluding carboxylic acids is 2. The van der Waals surface area contributed by atoms with Gasteiger partial charge in [-0.3, -0.25) is 9.59 Å². The summed E-state index contributed by atoms with van der Waals surface area (Å²) >= 11 is 0. The zero-order chi connectivity index (χ0) is 42.1. The van der Waals surface area contributed by atoms with Crippen LogP contribution in [-0.2, 0) is 23.8 Å². The lowest BCUT2D eigenvalue weighted by Gasteiger charge is -2.18. The van der Waals surface area contributed by atoms with E-state index in [4.69, 9.17) is 14.2 Å². The number of esters is 2. The summed E-state index contributed by atoms with van der Waals surface area (Å²) in [5.74, 6) is -0.404. The number of ether oxygens (including phenoxy) is 3. The number of unbranched alkanes of at least 4 members (excludes halogenated alkanes) is 33. The Hall–Kier alpha value is -1.62. The van der Waals surface area contributed by atoms with Gasteiger partial charge >= 0.3 is 11.9 Å². The Balaban J connectivity index is 3.96. The minimum absolute atomic E-state index is 0.0867. The molecular weight excluding hydrogens is 717 g/mol. The van der Waals surface area contributed by atoms with E-state index < -0.39 is 6.10 Å². The van der Waals surface area contributed by atoms with Gasteiger partial charge in [-0.1, -0.05) is 238 Å². The molecule has 1 atom stereocenters. The van der Waals surface area contributed by atoms with Gasteiger partial charge in [0.15, 0.2) is 6.10 Å².